The fourth-order valence-corrected chi connectivity index (χ4v) is 19.4. The maximum atomic E-state index is 14.6. The topological polar surface area (TPSA) is 299 Å². The number of nitrogens with one attached hydrogen (secondary N) is 1. The van der Waals surface area contributed by atoms with Gasteiger partial charge < -0.3 is 11.6 Å². The number of primary sulfonamides is 1. The van der Waals surface area contributed by atoms with Crippen LogP contribution in [-0.4, -0.2) is 124 Å². The van der Waals surface area contributed by atoms with Crippen molar-refractivity contribution in [3.8, 4) is 21.1 Å². The predicted octanol–water partition coefficient (Wildman–Crippen LogP) is 18.2. The molecule has 0 aliphatic heterocycles. The number of rotatable bonds is 33. The number of thiazole rings is 2. The Morgan fingerprint density at radius 2 is 0.768 bits per heavy atom. The Hall–Kier alpha value is -8.65. The number of thioether (sulfide) groups is 3. The van der Waals surface area contributed by atoms with Crippen LogP contribution in [0, 0.1) is 31.3 Å². The fourth-order valence-electron chi connectivity index (χ4n) is 11.8. The Morgan fingerprint density at radius 1 is 0.464 bits per heavy atom. The summed E-state index contributed by atoms with van der Waals surface area (Å²) in [6, 6.07) is 81.8. The standard InChI is InChI=1S/C33H29ClFN3O3S3.C22H20ClFN4O2S2.C22H22ClFN2O2S2.C11H9NO2S.CH4O.B.Na.H/c1-23-31(43-33(36-23)25-9-4-2-5-10-25)32(39)37-44(40,41)27-17-15-24(16-18-27)21-38(19-20-42-26-11-6-3-7-12-26)22-28-29(34)13-8-14-30(28)35;23-21-7-4-8-22(24)20(21)16-28(13-14-31-18-5-2-1-3-6-18)15-17-9-11-19(12-10-17)32(29,30)27-26-25;23-21-7-4-8-22(24)20(21)16-26(13-14-29-18-5-2-1-3-6-18)15-17-9-11-19(12-10-17)30(25,27)28;1-7-9(11(13)14)15-10(12-7)8-5-3-2-4-6-8;1-2;;;/h2-18H,19-22H2,1H3,(H,37,39);1-12H,13-16H2;1-12H,13-16H2,(H2,25,27,28);2-6H,1H3,(H,13,14);2H,1H3;;;/q;;;;;;+1;-1. The van der Waals surface area contributed by atoms with Crippen molar-refractivity contribution < 1.29 is 89.2 Å². The van der Waals surface area contributed by atoms with Crippen molar-refractivity contribution in [1.82, 2.24) is 29.4 Å². The molecule has 2 heterocycles. The van der Waals surface area contributed by atoms with Gasteiger partial charge in [-0.1, -0.05) is 205 Å². The van der Waals surface area contributed by atoms with Crippen molar-refractivity contribution in [3.05, 3.63) is 377 Å². The quantitative estimate of drug-likeness (QED) is 0.00976. The summed E-state index contributed by atoms with van der Waals surface area (Å²) < 4.78 is 121. The Bertz CT molecular complexity index is 5980. The second-order valence-electron chi connectivity index (χ2n) is 26.7. The van der Waals surface area contributed by atoms with E-state index in [2.05, 4.69) is 51.0 Å². The minimum Gasteiger partial charge on any atom is -1.00 e. The van der Waals surface area contributed by atoms with Crippen LogP contribution < -0.4 is 39.4 Å². The van der Waals surface area contributed by atoms with Crippen molar-refractivity contribution in [1.29, 1.82) is 0 Å². The number of carbonyl (C=O) groups is 2. The molecule has 0 bridgehead atoms. The minimum absolute atomic E-state index is 0. The minimum atomic E-state index is -4.13. The number of aliphatic hydroxyl groups is 1. The Kier molecular flexibility index (Phi) is 43.0. The van der Waals surface area contributed by atoms with E-state index < -0.39 is 41.9 Å². The number of benzene rings is 11. The molecule has 3 radical (unpaired) electrons. The molecule has 0 spiro atoms. The number of halogens is 6. The summed E-state index contributed by atoms with van der Waals surface area (Å²) in [6.07, 6.45) is 0. The number of hydrogen-bond acceptors (Lipinski definition) is 19. The van der Waals surface area contributed by atoms with Crippen molar-refractivity contribution in [3.63, 3.8) is 0 Å². The first kappa shape index (κ1) is 103. The number of sulfonamides is 3. The van der Waals surface area contributed by atoms with Gasteiger partial charge in [0.2, 0.25) is 10.0 Å². The molecule has 11 aromatic carbocycles. The van der Waals surface area contributed by atoms with E-state index >= 15 is 0 Å². The number of aryl methyl sites for hydroxylation is 2. The van der Waals surface area contributed by atoms with Crippen LogP contribution in [0.3, 0.4) is 0 Å². The number of carboxylic acid groups (broad SMARTS) is 1. The van der Waals surface area contributed by atoms with Crippen LogP contribution in [0.25, 0.3) is 31.6 Å². The van der Waals surface area contributed by atoms with Gasteiger partial charge in [0.1, 0.15) is 37.2 Å². The van der Waals surface area contributed by atoms with E-state index in [1.54, 1.807) is 122 Å². The first-order valence-electron chi connectivity index (χ1n) is 37.5. The summed E-state index contributed by atoms with van der Waals surface area (Å²) in [7, 11) is -10.9. The zero-order valence-corrected chi connectivity index (χ0v) is 78.8. The molecule has 20 nitrogen and oxygen atoms in total. The monoisotopic (exact) mass is 1910 g/mol. The van der Waals surface area contributed by atoms with E-state index in [1.807, 2.05) is 140 Å². The third-order valence-electron chi connectivity index (χ3n) is 17.9. The zero-order chi connectivity index (χ0) is 88.5. The van der Waals surface area contributed by atoms with Crippen LogP contribution in [0.5, 0.6) is 0 Å². The molecule has 0 saturated carbocycles. The average Bonchev–Trinajstić information content (AvgIpc) is 1.68. The van der Waals surface area contributed by atoms with E-state index in [0.717, 1.165) is 78.3 Å². The van der Waals surface area contributed by atoms with Gasteiger partial charge in [-0.3, -0.25) is 19.5 Å². The van der Waals surface area contributed by atoms with Gasteiger partial charge in [-0.05, 0) is 145 Å². The number of carboxylic acids is 1. The number of nitrogens with two attached hydrogens (primary N) is 1. The molecule has 645 valence electrons. The number of hydrogen-bond donors (Lipinski definition) is 4. The number of carbonyl (C=O) groups excluding carboxylic acids is 1. The molecule has 0 unspecified atom stereocenters. The third kappa shape index (κ3) is 32.9. The molecule has 125 heavy (non-hydrogen) atoms. The van der Waals surface area contributed by atoms with E-state index in [9.17, 15) is 48.0 Å². The maximum Gasteiger partial charge on any atom is 1.00 e. The van der Waals surface area contributed by atoms with E-state index in [-0.39, 0.29) is 83.0 Å². The van der Waals surface area contributed by atoms with Crippen molar-refractivity contribution in [2.75, 3.05) is 44.0 Å². The summed E-state index contributed by atoms with van der Waals surface area (Å²) in [6.45, 7) is 7.74. The number of aliphatic hydroxyl groups excluding tert-OH is 1. The molecule has 36 heteroatoms. The molecule has 2 aromatic heterocycles. The van der Waals surface area contributed by atoms with Crippen LogP contribution in [0.4, 0.5) is 13.2 Å². The summed E-state index contributed by atoms with van der Waals surface area (Å²) in [5.41, 5.74) is 15.1. The van der Waals surface area contributed by atoms with Crippen LogP contribution in [0.15, 0.2) is 313 Å². The molecule has 13 aromatic rings. The molecule has 0 fully saturated rings. The maximum absolute atomic E-state index is 14.6. The van der Waals surface area contributed by atoms with Crippen LogP contribution in [0.1, 0.15) is 65.5 Å². The van der Waals surface area contributed by atoms with Gasteiger partial charge in [-0.25, -0.2) is 63.0 Å². The van der Waals surface area contributed by atoms with Gasteiger partial charge in [0, 0.05) is 159 Å². The second kappa shape index (κ2) is 52.0. The van der Waals surface area contributed by atoms with Gasteiger partial charge in [-0.15, -0.1) is 58.0 Å². The largest absolute Gasteiger partial charge is 1.00 e. The van der Waals surface area contributed by atoms with Crippen molar-refractivity contribution in [2.45, 2.75) is 82.5 Å². The number of amides is 1. The average molecular weight is 1910 g/mol. The molecular formula is C89H85BCl3F3N10NaO10S8. The van der Waals surface area contributed by atoms with E-state index in [4.69, 9.17) is 55.7 Å². The third-order valence-corrected chi connectivity index (χ3v) is 27.8. The fraction of sp³-hybridized carbons (Fsp3) is 0.169. The van der Waals surface area contributed by atoms with E-state index in [0.29, 0.717) is 105 Å². The molecule has 5 N–H and O–H groups in total. The first-order valence-corrected chi connectivity index (χ1v) is 47.7. The number of aromatic nitrogens is 2. The molecule has 1 amide bonds. The number of nitrogens with zero attached hydrogens (tertiary/aromatic N) is 8. The smallest absolute Gasteiger partial charge is 1.00 e. The van der Waals surface area contributed by atoms with Gasteiger partial charge in [-0.2, -0.15) is 0 Å². The van der Waals surface area contributed by atoms with Gasteiger partial charge in [0.05, 0.1) is 26.1 Å². The number of azide groups is 1. The SMILES string of the molecule is CO.Cc1nc(-c2ccccc2)sc1C(=O)NS(=O)(=O)c1ccc(CN(CCSc2ccccc2)Cc2c(F)cccc2Cl)cc1.Cc1nc(-c2ccccc2)sc1C(=O)O.NS(=O)(=O)c1ccc(CN(CCSc2ccccc2)Cc2c(F)cccc2Cl)cc1.[B].[H-].[N-]=[N+]=NS(=O)(=O)c1ccc(CN(CCSc2ccccc2)Cc2c(F)cccc2Cl)cc1.[Na+]. The van der Waals surface area contributed by atoms with Crippen molar-refractivity contribution in [2.24, 2.45) is 9.66 Å². The summed E-state index contributed by atoms with van der Waals surface area (Å²) >= 11 is 26.2. The molecule has 0 saturated heterocycles. The van der Waals surface area contributed by atoms with Gasteiger partial charge in [0.15, 0.2) is 0 Å². The molecule has 13 rings (SSSR count). The normalized spacial score (nSPS) is 11.1. The molecule has 0 aliphatic rings. The predicted molar refractivity (Wildman–Crippen MR) is 496 cm³/mol. The summed E-state index contributed by atoms with van der Waals surface area (Å²) in [5.74, 6) is -0.367. The van der Waals surface area contributed by atoms with Crippen LogP contribution in [0.2, 0.25) is 15.1 Å². The Labute approximate surface area is 788 Å². The van der Waals surface area contributed by atoms with E-state index in [1.165, 1.54) is 70.8 Å². The van der Waals surface area contributed by atoms with Crippen LogP contribution >= 0.6 is 92.8 Å². The zero-order valence-electron chi connectivity index (χ0n) is 69.0. The molecule has 0 atom stereocenters. The first-order chi connectivity index (χ1) is 59.1. The van der Waals surface area contributed by atoms with Crippen molar-refractivity contribution >= 4 is 143 Å². The second-order valence-corrected chi connectivity index (χ2v) is 38.2. The van der Waals surface area contributed by atoms with Gasteiger partial charge >= 0.3 is 35.5 Å². The Morgan fingerprint density at radius 3 is 1.07 bits per heavy atom. The molecule has 0 aliphatic carbocycles. The van der Waals surface area contributed by atoms with Gasteiger partial charge in [0.25, 0.3) is 26.0 Å². The summed E-state index contributed by atoms with van der Waals surface area (Å²) in [4.78, 5) is 45.0. The molecular weight excluding hydrogens is 1820 g/mol. The number of aromatic carboxylic acids is 1. The van der Waals surface area contributed by atoms with Crippen LogP contribution in [-0.2, 0) is 69.3 Å². The summed E-state index contributed by atoms with van der Waals surface area (Å²) in [5, 5.41) is 23.6. The Balaban J connectivity index is 0.000000268.